The molecule has 1 aromatic rings. The fraction of sp³-hybridized carbons (Fsp3) is 0.650. The van der Waals surface area contributed by atoms with E-state index < -0.39 is 0 Å². The lowest BCUT2D eigenvalue weighted by Gasteiger charge is -2.38. The van der Waals surface area contributed by atoms with Crippen LogP contribution < -0.4 is 11.1 Å². The smallest absolute Gasteiger partial charge is 0.225 e. The highest BCUT2D eigenvalue weighted by Gasteiger charge is 2.38. The average molecular weight is 329 g/mol. The summed E-state index contributed by atoms with van der Waals surface area (Å²) in [7, 11) is 0. The summed E-state index contributed by atoms with van der Waals surface area (Å²) in [6.07, 6.45) is 6.61. The molecule has 1 aliphatic heterocycles. The van der Waals surface area contributed by atoms with E-state index in [9.17, 15) is 4.79 Å². The number of nitrogens with zero attached hydrogens (tertiary/aromatic N) is 1. The molecule has 24 heavy (non-hydrogen) atoms. The van der Waals surface area contributed by atoms with Crippen LogP contribution >= 0.6 is 0 Å². The van der Waals surface area contributed by atoms with Crippen LogP contribution in [0, 0.1) is 5.92 Å². The number of hydrogen-bond donors (Lipinski definition) is 2. The highest BCUT2D eigenvalue weighted by molar-refractivity contribution is 5.80. The second-order valence-corrected chi connectivity index (χ2v) is 7.72. The lowest BCUT2D eigenvalue weighted by atomic mass is 9.74. The van der Waals surface area contributed by atoms with Crippen molar-refractivity contribution in [3.8, 4) is 0 Å². The zero-order valence-corrected chi connectivity index (χ0v) is 14.8. The fourth-order valence-electron chi connectivity index (χ4n) is 4.30. The van der Waals surface area contributed by atoms with Crippen LogP contribution in [0.5, 0.6) is 0 Å². The number of amides is 1. The van der Waals surface area contributed by atoms with Crippen molar-refractivity contribution in [2.45, 2.75) is 57.0 Å². The zero-order chi connectivity index (χ0) is 17.0. The summed E-state index contributed by atoms with van der Waals surface area (Å²) in [5.74, 6) is 0.0843. The van der Waals surface area contributed by atoms with Crippen LogP contribution in [0.4, 0.5) is 0 Å². The zero-order valence-electron chi connectivity index (χ0n) is 14.8. The average Bonchev–Trinajstić information content (AvgIpc) is 3.10. The van der Waals surface area contributed by atoms with Crippen molar-refractivity contribution in [3.05, 3.63) is 35.9 Å². The molecule has 0 aromatic heterocycles. The van der Waals surface area contributed by atoms with Gasteiger partial charge in [-0.1, -0.05) is 43.2 Å². The van der Waals surface area contributed by atoms with Crippen LogP contribution in [0.1, 0.15) is 57.1 Å². The summed E-state index contributed by atoms with van der Waals surface area (Å²) in [4.78, 5) is 15.3. The minimum atomic E-state index is -0.363. The number of nitrogens with one attached hydrogen (secondary N) is 1. The van der Waals surface area contributed by atoms with Crippen LogP contribution in [0.3, 0.4) is 0 Å². The van der Waals surface area contributed by atoms with Gasteiger partial charge in [0.25, 0.3) is 0 Å². The number of likely N-dealkylation sites (tertiary alicyclic amines) is 1. The van der Waals surface area contributed by atoms with Crippen LogP contribution in [-0.4, -0.2) is 36.0 Å². The summed E-state index contributed by atoms with van der Waals surface area (Å²) < 4.78 is 0. The Kier molecular flexibility index (Phi) is 5.57. The lowest BCUT2D eigenvalue weighted by molar-refractivity contribution is -0.128. The summed E-state index contributed by atoms with van der Waals surface area (Å²) in [6, 6.07) is 10.8. The molecule has 132 valence electrons. The van der Waals surface area contributed by atoms with Crippen molar-refractivity contribution >= 4 is 5.91 Å². The number of rotatable bonds is 5. The Hall–Kier alpha value is -1.39. The van der Waals surface area contributed by atoms with Gasteiger partial charge in [-0.05, 0) is 51.3 Å². The van der Waals surface area contributed by atoms with Gasteiger partial charge in [0, 0.05) is 12.1 Å². The van der Waals surface area contributed by atoms with E-state index in [1.54, 1.807) is 0 Å². The predicted octanol–water partition coefficient (Wildman–Crippen LogP) is 2.85. The molecular weight excluding hydrogens is 298 g/mol. The van der Waals surface area contributed by atoms with E-state index in [0.29, 0.717) is 6.54 Å². The van der Waals surface area contributed by atoms with Crippen molar-refractivity contribution in [3.63, 3.8) is 0 Å². The van der Waals surface area contributed by atoms with Crippen molar-refractivity contribution in [1.29, 1.82) is 0 Å². The van der Waals surface area contributed by atoms with E-state index in [4.69, 9.17) is 5.73 Å². The van der Waals surface area contributed by atoms with E-state index in [1.807, 2.05) is 13.0 Å². The van der Waals surface area contributed by atoms with Crippen LogP contribution in [0.2, 0.25) is 0 Å². The summed E-state index contributed by atoms with van der Waals surface area (Å²) in [5.41, 5.74) is 7.32. The van der Waals surface area contributed by atoms with Crippen molar-refractivity contribution in [2.24, 2.45) is 11.7 Å². The predicted molar refractivity (Wildman–Crippen MR) is 97.6 cm³/mol. The molecule has 1 amide bonds. The maximum absolute atomic E-state index is 12.8. The molecule has 2 aliphatic rings. The number of nitrogens with two attached hydrogens (primary N) is 1. The number of hydrogen-bond acceptors (Lipinski definition) is 3. The Morgan fingerprint density at radius 3 is 2.62 bits per heavy atom. The van der Waals surface area contributed by atoms with Gasteiger partial charge in [0.2, 0.25) is 5.91 Å². The first kappa shape index (κ1) is 17.4. The van der Waals surface area contributed by atoms with E-state index in [0.717, 1.165) is 38.8 Å². The highest BCUT2D eigenvalue weighted by atomic mass is 16.1. The maximum atomic E-state index is 12.8. The van der Waals surface area contributed by atoms with Gasteiger partial charge in [0.1, 0.15) is 0 Å². The molecule has 3 unspecified atom stereocenters. The normalized spacial score (nSPS) is 29.3. The quantitative estimate of drug-likeness (QED) is 0.873. The first-order valence-corrected chi connectivity index (χ1v) is 9.43. The van der Waals surface area contributed by atoms with Crippen LogP contribution in [0.25, 0.3) is 0 Å². The fourth-order valence-corrected chi connectivity index (χ4v) is 4.30. The molecule has 3 N–H and O–H groups in total. The molecule has 4 heteroatoms. The number of benzene rings is 1. The Morgan fingerprint density at radius 2 is 1.96 bits per heavy atom. The first-order valence-electron chi connectivity index (χ1n) is 9.43. The Morgan fingerprint density at radius 1 is 1.25 bits per heavy atom. The number of carbonyl (C=O) groups excluding carboxylic acids is 1. The van der Waals surface area contributed by atoms with Gasteiger partial charge in [0.15, 0.2) is 0 Å². The molecule has 2 fully saturated rings. The monoisotopic (exact) mass is 329 g/mol. The topological polar surface area (TPSA) is 58.4 Å². The molecule has 0 bridgehead atoms. The number of carbonyl (C=O) groups is 1. The highest BCUT2D eigenvalue weighted by Crippen LogP contribution is 2.32. The Balaban J connectivity index is 1.66. The van der Waals surface area contributed by atoms with Gasteiger partial charge in [-0.3, -0.25) is 9.69 Å². The molecule has 3 rings (SSSR count). The summed E-state index contributed by atoms with van der Waals surface area (Å²) in [6.45, 7) is 4.95. The van der Waals surface area contributed by atoms with E-state index in [2.05, 4.69) is 34.5 Å². The van der Waals surface area contributed by atoms with Gasteiger partial charge in [-0.2, -0.15) is 0 Å². The molecule has 1 saturated carbocycles. The van der Waals surface area contributed by atoms with Crippen LogP contribution in [0.15, 0.2) is 30.3 Å². The standard InChI is InChI=1S/C20H31N3O/c1-20(21)12-6-5-11-17(20)19(24)22-15-18(23-13-7-8-14-23)16-9-3-2-4-10-16/h2-4,9-10,17-18H,5-8,11-15,21H2,1H3,(H,22,24). The minimum absolute atomic E-state index is 0.0544. The van der Waals surface area contributed by atoms with Crippen molar-refractivity contribution in [1.82, 2.24) is 10.2 Å². The molecule has 3 atom stereocenters. The van der Waals surface area contributed by atoms with Crippen LogP contribution in [-0.2, 0) is 4.79 Å². The Labute approximate surface area is 145 Å². The van der Waals surface area contributed by atoms with E-state index in [-0.39, 0.29) is 23.4 Å². The summed E-state index contributed by atoms with van der Waals surface area (Å²) >= 11 is 0. The first-order chi connectivity index (χ1) is 11.6. The van der Waals surface area contributed by atoms with E-state index in [1.165, 1.54) is 18.4 Å². The maximum Gasteiger partial charge on any atom is 0.225 e. The third-order valence-electron chi connectivity index (χ3n) is 5.81. The SMILES string of the molecule is CC1(N)CCCCC1C(=O)NCC(c1ccccc1)N1CCCC1. The molecule has 1 aliphatic carbocycles. The Bertz CT molecular complexity index is 537. The van der Waals surface area contributed by atoms with Gasteiger partial charge >= 0.3 is 0 Å². The third kappa shape index (κ3) is 3.98. The van der Waals surface area contributed by atoms with E-state index >= 15 is 0 Å². The second-order valence-electron chi connectivity index (χ2n) is 7.72. The van der Waals surface area contributed by atoms with Crippen molar-refractivity contribution in [2.75, 3.05) is 19.6 Å². The summed E-state index contributed by atoms with van der Waals surface area (Å²) in [5, 5.41) is 3.22. The molecule has 4 nitrogen and oxygen atoms in total. The lowest BCUT2D eigenvalue weighted by Crippen LogP contribution is -2.53. The van der Waals surface area contributed by atoms with Crippen molar-refractivity contribution < 1.29 is 4.79 Å². The van der Waals surface area contributed by atoms with Gasteiger partial charge in [-0.15, -0.1) is 0 Å². The van der Waals surface area contributed by atoms with Gasteiger partial charge in [0.05, 0.1) is 12.0 Å². The second kappa shape index (κ2) is 7.66. The largest absolute Gasteiger partial charge is 0.354 e. The van der Waals surface area contributed by atoms with Gasteiger partial charge in [-0.25, -0.2) is 0 Å². The third-order valence-corrected chi connectivity index (χ3v) is 5.81. The molecule has 1 aromatic carbocycles. The molecule has 0 radical (unpaired) electrons. The molecule has 1 heterocycles. The molecule has 1 saturated heterocycles. The van der Waals surface area contributed by atoms with Gasteiger partial charge < -0.3 is 11.1 Å². The molecule has 0 spiro atoms. The molecular formula is C20H31N3O. The minimum Gasteiger partial charge on any atom is -0.354 e.